The van der Waals surface area contributed by atoms with Gasteiger partial charge >= 0.3 is 0 Å². The van der Waals surface area contributed by atoms with Crippen LogP contribution in [0.4, 0.5) is 0 Å². The molecule has 2 rings (SSSR count). The quantitative estimate of drug-likeness (QED) is 0.687. The van der Waals surface area contributed by atoms with Crippen molar-refractivity contribution >= 4 is 5.57 Å². The van der Waals surface area contributed by atoms with Crippen LogP contribution in [0.1, 0.15) is 23.6 Å². The smallest absolute Gasteiger partial charge is 0.0208 e. The van der Waals surface area contributed by atoms with Crippen LogP contribution in [-0.2, 0) is 13.0 Å². The lowest BCUT2D eigenvalue weighted by Crippen LogP contribution is -2.23. The summed E-state index contributed by atoms with van der Waals surface area (Å²) in [5.74, 6) is 0. The van der Waals surface area contributed by atoms with E-state index in [2.05, 4.69) is 37.0 Å². The first-order valence-electron chi connectivity index (χ1n) is 4.76. The van der Waals surface area contributed by atoms with Gasteiger partial charge in [0.15, 0.2) is 0 Å². The largest absolute Gasteiger partial charge is 0.312 e. The number of hydrogen-bond donors (Lipinski definition) is 1. The lowest BCUT2D eigenvalue weighted by Gasteiger charge is -2.17. The Bertz CT molecular complexity index is 339. The highest BCUT2D eigenvalue weighted by Gasteiger charge is 2.08. The fourth-order valence-corrected chi connectivity index (χ4v) is 1.74. The molecule has 1 aliphatic rings. The van der Waals surface area contributed by atoms with Gasteiger partial charge in [-0.25, -0.2) is 0 Å². The van der Waals surface area contributed by atoms with E-state index in [4.69, 9.17) is 0 Å². The average molecular weight is 173 g/mol. The minimum Gasteiger partial charge on any atom is -0.312 e. The predicted molar refractivity (Wildman–Crippen MR) is 56.6 cm³/mol. The van der Waals surface area contributed by atoms with Gasteiger partial charge in [-0.3, -0.25) is 0 Å². The Morgan fingerprint density at radius 3 is 3.00 bits per heavy atom. The summed E-state index contributed by atoms with van der Waals surface area (Å²) >= 11 is 0. The first kappa shape index (κ1) is 8.52. The Labute approximate surface area is 79.5 Å². The van der Waals surface area contributed by atoms with E-state index in [-0.39, 0.29) is 0 Å². The third-order valence-corrected chi connectivity index (χ3v) is 2.59. The van der Waals surface area contributed by atoms with Gasteiger partial charge < -0.3 is 5.32 Å². The molecule has 1 aliphatic heterocycles. The maximum absolute atomic E-state index is 3.96. The van der Waals surface area contributed by atoms with Gasteiger partial charge in [0.2, 0.25) is 0 Å². The molecule has 1 aromatic rings. The lowest BCUT2D eigenvalue weighted by atomic mass is 9.96. The summed E-state index contributed by atoms with van der Waals surface area (Å²) in [7, 11) is 0. The van der Waals surface area contributed by atoms with Crippen LogP contribution in [-0.4, -0.2) is 6.54 Å². The Hall–Kier alpha value is -1.08. The Kier molecular flexibility index (Phi) is 2.19. The molecule has 1 heterocycles. The van der Waals surface area contributed by atoms with Gasteiger partial charge in [0.25, 0.3) is 0 Å². The topological polar surface area (TPSA) is 12.0 Å². The van der Waals surface area contributed by atoms with Gasteiger partial charge in [-0.1, -0.05) is 30.4 Å². The molecule has 0 saturated carbocycles. The first-order chi connectivity index (χ1) is 6.27. The summed E-state index contributed by atoms with van der Waals surface area (Å²) in [6, 6.07) is 6.65. The zero-order valence-corrected chi connectivity index (χ0v) is 8.06. The second-order valence-electron chi connectivity index (χ2n) is 3.69. The lowest BCUT2D eigenvalue weighted by molar-refractivity contribution is 0.643. The predicted octanol–water partition coefficient (Wildman–Crippen LogP) is 2.37. The van der Waals surface area contributed by atoms with E-state index >= 15 is 0 Å². The summed E-state index contributed by atoms with van der Waals surface area (Å²) in [5, 5.41) is 3.37. The minimum absolute atomic E-state index is 1.02. The second-order valence-corrected chi connectivity index (χ2v) is 3.69. The maximum atomic E-state index is 3.96. The Balaban J connectivity index is 2.40. The van der Waals surface area contributed by atoms with Crippen molar-refractivity contribution in [3.8, 4) is 0 Å². The fraction of sp³-hybridized carbons (Fsp3) is 0.333. The molecule has 0 fully saturated rings. The monoisotopic (exact) mass is 173 g/mol. The van der Waals surface area contributed by atoms with Gasteiger partial charge in [0.05, 0.1) is 0 Å². The van der Waals surface area contributed by atoms with Crippen LogP contribution >= 0.6 is 0 Å². The normalized spacial score (nSPS) is 15.2. The molecule has 0 saturated heterocycles. The molecule has 0 spiro atoms. The van der Waals surface area contributed by atoms with Gasteiger partial charge in [-0.15, -0.1) is 0 Å². The molecule has 0 radical (unpaired) electrons. The van der Waals surface area contributed by atoms with Gasteiger partial charge in [-0.2, -0.15) is 0 Å². The summed E-state index contributed by atoms with van der Waals surface area (Å²) in [6.45, 7) is 8.14. The van der Waals surface area contributed by atoms with E-state index < -0.39 is 0 Å². The van der Waals surface area contributed by atoms with Crippen LogP contribution < -0.4 is 5.32 Å². The fourth-order valence-electron chi connectivity index (χ4n) is 1.74. The number of hydrogen-bond acceptors (Lipinski definition) is 1. The number of benzene rings is 1. The molecule has 0 unspecified atom stereocenters. The van der Waals surface area contributed by atoms with Gasteiger partial charge in [0.1, 0.15) is 0 Å². The molecule has 1 N–H and O–H groups in total. The van der Waals surface area contributed by atoms with E-state index in [9.17, 15) is 0 Å². The standard InChI is InChI=1S/C12H15N/c1-9(2)10-3-4-12-8-13-6-5-11(12)7-10/h3-4,7,13H,1,5-6,8H2,2H3. The summed E-state index contributed by atoms with van der Waals surface area (Å²) in [4.78, 5) is 0. The summed E-state index contributed by atoms with van der Waals surface area (Å²) < 4.78 is 0. The van der Waals surface area contributed by atoms with E-state index in [1.54, 1.807) is 0 Å². The van der Waals surface area contributed by atoms with Crippen molar-refractivity contribution in [1.82, 2.24) is 5.32 Å². The van der Waals surface area contributed by atoms with Crippen molar-refractivity contribution in [3.05, 3.63) is 41.5 Å². The van der Waals surface area contributed by atoms with Crippen molar-refractivity contribution in [3.63, 3.8) is 0 Å². The van der Waals surface area contributed by atoms with Crippen molar-refractivity contribution in [2.45, 2.75) is 19.9 Å². The summed E-state index contributed by atoms with van der Waals surface area (Å²) in [6.07, 6.45) is 1.15. The van der Waals surface area contributed by atoms with Crippen LogP contribution in [0.3, 0.4) is 0 Å². The molecule has 1 nitrogen and oxygen atoms in total. The molecule has 0 aromatic heterocycles. The number of nitrogens with one attached hydrogen (secondary N) is 1. The zero-order chi connectivity index (χ0) is 9.26. The molecule has 0 atom stereocenters. The third kappa shape index (κ3) is 1.65. The SMILES string of the molecule is C=C(C)c1ccc2c(c1)CCNC2. The Morgan fingerprint density at radius 1 is 1.38 bits per heavy atom. The molecule has 1 heteroatoms. The van der Waals surface area contributed by atoms with E-state index in [0.717, 1.165) is 25.1 Å². The van der Waals surface area contributed by atoms with Crippen LogP contribution in [0.2, 0.25) is 0 Å². The molecule has 1 aromatic carbocycles. The van der Waals surface area contributed by atoms with Crippen LogP contribution in [0.5, 0.6) is 0 Å². The second kappa shape index (κ2) is 3.35. The molecular formula is C12H15N. The average Bonchev–Trinajstić information content (AvgIpc) is 2.17. The highest BCUT2D eigenvalue weighted by Crippen LogP contribution is 2.19. The third-order valence-electron chi connectivity index (χ3n) is 2.59. The van der Waals surface area contributed by atoms with Gasteiger partial charge in [-0.05, 0) is 36.6 Å². The zero-order valence-electron chi connectivity index (χ0n) is 8.06. The minimum atomic E-state index is 1.02. The van der Waals surface area contributed by atoms with Gasteiger partial charge in [0, 0.05) is 6.54 Å². The molecule has 0 aliphatic carbocycles. The van der Waals surface area contributed by atoms with Crippen molar-refractivity contribution in [2.24, 2.45) is 0 Å². The van der Waals surface area contributed by atoms with Crippen molar-refractivity contribution in [2.75, 3.05) is 6.54 Å². The molecule has 0 bridgehead atoms. The highest BCUT2D eigenvalue weighted by atomic mass is 14.9. The Morgan fingerprint density at radius 2 is 2.23 bits per heavy atom. The van der Waals surface area contributed by atoms with Crippen molar-refractivity contribution < 1.29 is 0 Å². The van der Waals surface area contributed by atoms with Crippen LogP contribution in [0.25, 0.3) is 5.57 Å². The van der Waals surface area contributed by atoms with Crippen LogP contribution in [0, 0.1) is 0 Å². The molecular weight excluding hydrogens is 158 g/mol. The van der Waals surface area contributed by atoms with E-state index in [0.29, 0.717) is 0 Å². The molecule has 0 amide bonds. The highest BCUT2D eigenvalue weighted by molar-refractivity contribution is 5.62. The van der Waals surface area contributed by atoms with E-state index in [1.165, 1.54) is 16.7 Å². The molecule has 68 valence electrons. The van der Waals surface area contributed by atoms with Crippen molar-refractivity contribution in [1.29, 1.82) is 0 Å². The maximum Gasteiger partial charge on any atom is 0.0208 e. The number of fused-ring (bicyclic) bond motifs is 1. The first-order valence-corrected chi connectivity index (χ1v) is 4.76. The van der Waals surface area contributed by atoms with Crippen LogP contribution in [0.15, 0.2) is 24.8 Å². The van der Waals surface area contributed by atoms with E-state index in [1.807, 2.05) is 0 Å². The number of rotatable bonds is 1. The number of allylic oxidation sites excluding steroid dienone is 1. The summed E-state index contributed by atoms with van der Waals surface area (Å²) in [5.41, 5.74) is 5.36. The molecule has 13 heavy (non-hydrogen) atoms.